The molecule has 0 radical (unpaired) electrons. The summed E-state index contributed by atoms with van der Waals surface area (Å²) in [6.07, 6.45) is -6.20. The smallest absolute Gasteiger partial charge is 0.389 e. The number of halogens is 3. The van der Waals surface area contributed by atoms with Gasteiger partial charge in [0.05, 0.1) is 6.61 Å². The number of ketones is 1. The van der Waals surface area contributed by atoms with Crippen molar-refractivity contribution in [2.24, 2.45) is 0 Å². The maximum Gasteiger partial charge on any atom is 0.389 e. The van der Waals surface area contributed by atoms with Crippen LogP contribution in [0.25, 0.3) is 0 Å². The number of rotatable bonds is 6. The lowest BCUT2D eigenvalue weighted by Crippen LogP contribution is -2.12. The fourth-order valence-electron chi connectivity index (χ4n) is 0.947. The van der Waals surface area contributed by atoms with Gasteiger partial charge in [0.15, 0.2) is 0 Å². The third-order valence-electron chi connectivity index (χ3n) is 1.56. The molecule has 6 heteroatoms. The number of carbonyl (C=O) groups excluding carboxylic acids is 2. The van der Waals surface area contributed by atoms with Crippen LogP contribution in [0, 0.1) is 0 Å². The molecule has 0 aliphatic rings. The monoisotopic (exact) mass is 226 g/mol. The molecular weight excluding hydrogens is 213 g/mol. The largest absolute Gasteiger partial charge is 0.466 e. The van der Waals surface area contributed by atoms with E-state index in [9.17, 15) is 22.8 Å². The molecule has 0 N–H and O–H groups in total. The Morgan fingerprint density at radius 1 is 1.27 bits per heavy atom. The Morgan fingerprint density at radius 3 is 2.33 bits per heavy atom. The molecule has 15 heavy (non-hydrogen) atoms. The summed E-state index contributed by atoms with van der Waals surface area (Å²) in [6, 6.07) is 0. The zero-order valence-electron chi connectivity index (χ0n) is 8.39. The van der Waals surface area contributed by atoms with Gasteiger partial charge < -0.3 is 4.74 Å². The molecule has 0 heterocycles. The summed E-state index contributed by atoms with van der Waals surface area (Å²) in [6.45, 7) is 1.75. The van der Waals surface area contributed by atoms with Crippen LogP contribution in [-0.2, 0) is 14.3 Å². The van der Waals surface area contributed by atoms with Crippen molar-refractivity contribution in [1.82, 2.24) is 0 Å². The first-order valence-corrected chi connectivity index (χ1v) is 4.59. The Hall–Kier alpha value is -1.07. The second-order valence-electron chi connectivity index (χ2n) is 2.99. The van der Waals surface area contributed by atoms with Gasteiger partial charge >= 0.3 is 12.1 Å². The van der Waals surface area contributed by atoms with E-state index >= 15 is 0 Å². The molecule has 3 nitrogen and oxygen atoms in total. The maximum atomic E-state index is 11.7. The second-order valence-corrected chi connectivity index (χ2v) is 2.99. The Balaban J connectivity index is 3.62. The standard InChI is InChI=1S/C9H13F3O3/c1-2-15-8(14)6-7(13)4-3-5-9(10,11)12/h2-6H2,1H3. The third kappa shape index (κ3) is 9.24. The van der Waals surface area contributed by atoms with Gasteiger partial charge in [0.1, 0.15) is 12.2 Å². The van der Waals surface area contributed by atoms with Crippen molar-refractivity contribution in [2.45, 2.75) is 38.8 Å². The zero-order chi connectivity index (χ0) is 11.9. The summed E-state index contributed by atoms with van der Waals surface area (Å²) in [7, 11) is 0. The fraction of sp³-hybridized carbons (Fsp3) is 0.778. The number of esters is 1. The van der Waals surface area contributed by atoms with Gasteiger partial charge in [0.2, 0.25) is 0 Å². The maximum absolute atomic E-state index is 11.7. The first-order valence-electron chi connectivity index (χ1n) is 4.59. The molecule has 0 aliphatic heterocycles. The molecule has 0 rings (SSSR count). The molecule has 0 aromatic carbocycles. The van der Waals surface area contributed by atoms with Gasteiger partial charge in [-0.3, -0.25) is 9.59 Å². The Labute approximate surface area is 85.6 Å². The van der Waals surface area contributed by atoms with Crippen molar-refractivity contribution in [3.63, 3.8) is 0 Å². The lowest BCUT2D eigenvalue weighted by molar-refractivity contribution is -0.145. The summed E-state index contributed by atoms with van der Waals surface area (Å²) < 4.78 is 39.5. The van der Waals surface area contributed by atoms with Crippen LogP contribution in [-0.4, -0.2) is 24.5 Å². The molecule has 0 fully saturated rings. The van der Waals surface area contributed by atoms with E-state index in [1.54, 1.807) is 6.92 Å². The highest BCUT2D eigenvalue weighted by molar-refractivity contribution is 5.95. The predicted octanol–water partition coefficient (Wildman–Crippen LogP) is 2.24. The van der Waals surface area contributed by atoms with Crippen LogP contribution in [0.4, 0.5) is 13.2 Å². The first-order chi connectivity index (χ1) is 6.85. The SMILES string of the molecule is CCOC(=O)CC(=O)CCCC(F)(F)F. The zero-order valence-corrected chi connectivity index (χ0v) is 8.39. The number of hydrogen-bond acceptors (Lipinski definition) is 3. The molecule has 0 saturated heterocycles. The molecule has 0 unspecified atom stereocenters. The minimum absolute atomic E-state index is 0.161. The first kappa shape index (κ1) is 13.9. The highest BCUT2D eigenvalue weighted by atomic mass is 19.4. The highest BCUT2D eigenvalue weighted by Gasteiger charge is 2.26. The van der Waals surface area contributed by atoms with Crippen molar-refractivity contribution in [3.8, 4) is 0 Å². The molecule has 0 aromatic rings. The van der Waals surface area contributed by atoms with E-state index in [2.05, 4.69) is 4.74 Å². The van der Waals surface area contributed by atoms with Crippen LogP contribution in [0.1, 0.15) is 32.6 Å². The van der Waals surface area contributed by atoms with E-state index in [-0.39, 0.29) is 19.4 Å². The molecule has 0 aromatic heterocycles. The molecule has 88 valence electrons. The quantitative estimate of drug-likeness (QED) is 0.515. The van der Waals surface area contributed by atoms with E-state index in [0.29, 0.717) is 0 Å². The van der Waals surface area contributed by atoms with E-state index in [0.717, 1.165) is 0 Å². The highest BCUT2D eigenvalue weighted by Crippen LogP contribution is 2.22. The minimum Gasteiger partial charge on any atom is -0.466 e. The topological polar surface area (TPSA) is 43.4 Å². The molecule has 0 atom stereocenters. The predicted molar refractivity (Wildman–Crippen MR) is 46.2 cm³/mol. The van der Waals surface area contributed by atoms with Crippen molar-refractivity contribution in [3.05, 3.63) is 0 Å². The van der Waals surface area contributed by atoms with Gasteiger partial charge in [-0.15, -0.1) is 0 Å². The summed E-state index contributed by atoms with van der Waals surface area (Å²) in [4.78, 5) is 21.7. The lowest BCUT2D eigenvalue weighted by Gasteiger charge is -2.05. The van der Waals surface area contributed by atoms with Crippen LogP contribution in [0.5, 0.6) is 0 Å². The molecular formula is C9H13F3O3. The number of alkyl halides is 3. The fourth-order valence-corrected chi connectivity index (χ4v) is 0.947. The molecule has 0 saturated carbocycles. The summed E-state index contributed by atoms with van der Waals surface area (Å²) in [5, 5.41) is 0. The number of Topliss-reactive ketones (excluding diaryl/α,β-unsaturated/α-hetero) is 1. The van der Waals surface area contributed by atoms with E-state index in [1.165, 1.54) is 0 Å². The number of hydrogen-bond donors (Lipinski definition) is 0. The van der Waals surface area contributed by atoms with Gasteiger partial charge in [-0.05, 0) is 13.3 Å². The van der Waals surface area contributed by atoms with Gasteiger partial charge in [0.25, 0.3) is 0 Å². The van der Waals surface area contributed by atoms with Crippen molar-refractivity contribution in [2.75, 3.05) is 6.61 Å². The van der Waals surface area contributed by atoms with Crippen molar-refractivity contribution < 1.29 is 27.5 Å². The molecule has 0 aliphatic carbocycles. The minimum atomic E-state index is -4.25. The third-order valence-corrected chi connectivity index (χ3v) is 1.56. The normalized spacial score (nSPS) is 11.2. The Morgan fingerprint density at radius 2 is 1.87 bits per heavy atom. The van der Waals surface area contributed by atoms with Crippen molar-refractivity contribution >= 4 is 11.8 Å². The number of carbonyl (C=O) groups is 2. The summed E-state index contributed by atoms with van der Waals surface area (Å²) >= 11 is 0. The summed E-state index contributed by atoms with van der Waals surface area (Å²) in [5.74, 6) is -1.20. The average Bonchev–Trinajstić information content (AvgIpc) is 2.01. The van der Waals surface area contributed by atoms with Crippen LogP contribution < -0.4 is 0 Å². The Kier molecular flexibility index (Phi) is 5.96. The second kappa shape index (κ2) is 6.42. The van der Waals surface area contributed by atoms with Gasteiger partial charge in [-0.2, -0.15) is 13.2 Å². The van der Waals surface area contributed by atoms with Gasteiger partial charge in [-0.1, -0.05) is 0 Å². The molecule has 0 amide bonds. The van der Waals surface area contributed by atoms with E-state index in [1.807, 2.05) is 0 Å². The van der Waals surface area contributed by atoms with Crippen LogP contribution >= 0.6 is 0 Å². The molecule has 0 spiro atoms. The Bertz CT molecular complexity index is 223. The average molecular weight is 226 g/mol. The van der Waals surface area contributed by atoms with Crippen LogP contribution in [0.2, 0.25) is 0 Å². The number of ether oxygens (including phenoxy) is 1. The van der Waals surface area contributed by atoms with Crippen molar-refractivity contribution in [1.29, 1.82) is 0 Å². The van der Waals surface area contributed by atoms with E-state index < -0.39 is 30.8 Å². The van der Waals surface area contributed by atoms with Gasteiger partial charge in [-0.25, -0.2) is 0 Å². The van der Waals surface area contributed by atoms with Crippen LogP contribution in [0.15, 0.2) is 0 Å². The van der Waals surface area contributed by atoms with Gasteiger partial charge in [0, 0.05) is 12.8 Å². The lowest BCUT2D eigenvalue weighted by atomic mass is 10.1. The molecule has 0 bridgehead atoms. The summed E-state index contributed by atoms with van der Waals surface area (Å²) in [5.41, 5.74) is 0. The van der Waals surface area contributed by atoms with Crippen LogP contribution in [0.3, 0.4) is 0 Å². The van der Waals surface area contributed by atoms with E-state index in [4.69, 9.17) is 0 Å².